The molecular weight excluding hydrogens is 304 g/mol. The van der Waals surface area contributed by atoms with E-state index >= 15 is 0 Å². The number of pyridine rings is 1. The number of hydrogen-bond donors (Lipinski definition) is 2. The number of aromatic nitrogens is 2. The SMILES string of the molecule is Cc1cccc(CNC2CCc3onc(C(=O)NC(C)C)c3C2)n1. The summed E-state index contributed by atoms with van der Waals surface area (Å²) in [4.78, 5) is 16.8. The summed E-state index contributed by atoms with van der Waals surface area (Å²) in [5, 5.41) is 10.4. The van der Waals surface area contributed by atoms with E-state index < -0.39 is 0 Å². The lowest BCUT2D eigenvalue weighted by Crippen LogP contribution is -2.36. The highest BCUT2D eigenvalue weighted by Gasteiger charge is 2.28. The number of carbonyl (C=O) groups excluding carboxylic acids is 1. The molecule has 1 unspecified atom stereocenters. The highest BCUT2D eigenvalue weighted by Crippen LogP contribution is 2.25. The third-order valence-electron chi connectivity index (χ3n) is 4.19. The number of nitrogens with one attached hydrogen (secondary N) is 2. The molecular formula is C18H24N4O2. The van der Waals surface area contributed by atoms with E-state index in [0.29, 0.717) is 11.7 Å². The maximum atomic E-state index is 12.2. The lowest BCUT2D eigenvalue weighted by atomic mass is 9.91. The summed E-state index contributed by atoms with van der Waals surface area (Å²) < 4.78 is 5.37. The molecule has 6 heteroatoms. The predicted molar refractivity (Wildman–Crippen MR) is 90.7 cm³/mol. The van der Waals surface area contributed by atoms with Crippen LogP contribution in [0.25, 0.3) is 0 Å². The van der Waals surface area contributed by atoms with Gasteiger partial charge in [-0.2, -0.15) is 0 Å². The Bertz CT molecular complexity index is 724. The van der Waals surface area contributed by atoms with Gasteiger partial charge in [0.25, 0.3) is 5.91 Å². The first kappa shape index (κ1) is 16.6. The Morgan fingerprint density at radius 2 is 2.25 bits per heavy atom. The van der Waals surface area contributed by atoms with Gasteiger partial charge in [0, 0.05) is 36.3 Å². The number of hydrogen-bond acceptors (Lipinski definition) is 5. The molecule has 2 N–H and O–H groups in total. The molecule has 24 heavy (non-hydrogen) atoms. The quantitative estimate of drug-likeness (QED) is 0.879. The summed E-state index contributed by atoms with van der Waals surface area (Å²) >= 11 is 0. The average Bonchev–Trinajstić information content (AvgIpc) is 2.95. The van der Waals surface area contributed by atoms with Gasteiger partial charge >= 0.3 is 0 Å². The van der Waals surface area contributed by atoms with Crippen molar-refractivity contribution in [1.29, 1.82) is 0 Å². The maximum Gasteiger partial charge on any atom is 0.273 e. The Morgan fingerprint density at radius 1 is 1.42 bits per heavy atom. The van der Waals surface area contributed by atoms with Crippen LogP contribution in [0.1, 0.15) is 53.5 Å². The van der Waals surface area contributed by atoms with Crippen molar-refractivity contribution in [3.63, 3.8) is 0 Å². The van der Waals surface area contributed by atoms with Crippen molar-refractivity contribution < 1.29 is 9.32 Å². The molecule has 0 saturated heterocycles. The molecule has 0 saturated carbocycles. The lowest BCUT2D eigenvalue weighted by molar-refractivity contribution is 0.0933. The molecule has 0 fully saturated rings. The fourth-order valence-corrected chi connectivity index (χ4v) is 3.03. The highest BCUT2D eigenvalue weighted by atomic mass is 16.5. The zero-order chi connectivity index (χ0) is 17.1. The zero-order valence-electron chi connectivity index (χ0n) is 14.4. The Labute approximate surface area is 142 Å². The van der Waals surface area contributed by atoms with Gasteiger partial charge in [-0.15, -0.1) is 0 Å². The molecule has 0 bridgehead atoms. The Kier molecular flexibility index (Phi) is 4.94. The van der Waals surface area contributed by atoms with Crippen LogP contribution in [0.2, 0.25) is 0 Å². The molecule has 0 aliphatic heterocycles. The van der Waals surface area contributed by atoms with E-state index in [4.69, 9.17) is 4.52 Å². The Balaban J connectivity index is 1.65. The minimum atomic E-state index is -0.156. The van der Waals surface area contributed by atoms with Crippen molar-refractivity contribution in [3.05, 3.63) is 46.6 Å². The fourth-order valence-electron chi connectivity index (χ4n) is 3.03. The molecule has 0 radical (unpaired) electrons. The third kappa shape index (κ3) is 3.82. The van der Waals surface area contributed by atoms with E-state index in [1.807, 2.05) is 39.0 Å². The van der Waals surface area contributed by atoms with E-state index in [1.54, 1.807) is 0 Å². The number of aryl methyl sites for hydroxylation is 2. The van der Waals surface area contributed by atoms with Gasteiger partial charge < -0.3 is 15.2 Å². The minimum Gasteiger partial charge on any atom is -0.360 e. The van der Waals surface area contributed by atoms with Crippen LogP contribution in [0.3, 0.4) is 0 Å². The molecule has 2 aromatic heterocycles. The van der Waals surface area contributed by atoms with Crippen molar-refractivity contribution in [2.24, 2.45) is 0 Å². The molecule has 1 aliphatic carbocycles. The second-order valence-corrected chi connectivity index (χ2v) is 6.65. The number of carbonyl (C=O) groups is 1. The van der Waals surface area contributed by atoms with Crippen LogP contribution in [0.15, 0.2) is 22.7 Å². The smallest absolute Gasteiger partial charge is 0.273 e. The fraction of sp³-hybridized carbons (Fsp3) is 0.500. The predicted octanol–water partition coefficient (Wildman–Crippen LogP) is 2.16. The minimum absolute atomic E-state index is 0.0785. The second kappa shape index (κ2) is 7.13. The number of amides is 1. The first-order chi connectivity index (χ1) is 11.5. The van der Waals surface area contributed by atoms with Crippen LogP contribution in [0.5, 0.6) is 0 Å². The molecule has 3 rings (SSSR count). The standard InChI is InChI=1S/C18H24N4O2/c1-11(2)20-18(23)17-15-9-13(7-8-16(15)24-22-17)19-10-14-6-4-5-12(3)21-14/h4-6,11,13,19H,7-10H2,1-3H3,(H,20,23). The molecule has 128 valence electrons. The van der Waals surface area contributed by atoms with Crippen LogP contribution >= 0.6 is 0 Å². The molecule has 1 atom stereocenters. The van der Waals surface area contributed by atoms with Crippen LogP contribution < -0.4 is 10.6 Å². The first-order valence-corrected chi connectivity index (χ1v) is 8.47. The van der Waals surface area contributed by atoms with E-state index in [0.717, 1.165) is 48.5 Å². The Morgan fingerprint density at radius 3 is 3.00 bits per heavy atom. The first-order valence-electron chi connectivity index (χ1n) is 8.47. The summed E-state index contributed by atoms with van der Waals surface area (Å²) in [5.74, 6) is 0.687. The van der Waals surface area contributed by atoms with Gasteiger partial charge in [-0.1, -0.05) is 11.2 Å². The van der Waals surface area contributed by atoms with Gasteiger partial charge in [0.05, 0.1) is 5.69 Å². The van der Waals surface area contributed by atoms with Gasteiger partial charge in [-0.05, 0) is 45.7 Å². The van der Waals surface area contributed by atoms with Crippen molar-refractivity contribution in [1.82, 2.24) is 20.8 Å². The third-order valence-corrected chi connectivity index (χ3v) is 4.19. The highest BCUT2D eigenvalue weighted by molar-refractivity contribution is 5.94. The van der Waals surface area contributed by atoms with E-state index in [-0.39, 0.29) is 11.9 Å². The van der Waals surface area contributed by atoms with Gasteiger partial charge in [0.2, 0.25) is 0 Å². The van der Waals surface area contributed by atoms with Gasteiger partial charge in [-0.3, -0.25) is 9.78 Å². The molecule has 2 aromatic rings. The van der Waals surface area contributed by atoms with Crippen LogP contribution in [0, 0.1) is 6.92 Å². The van der Waals surface area contributed by atoms with E-state index in [1.165, 1.54) is 0 Å². The van der Waals surface area contributed by atoms with Crippen molar-refractivity contribution in [2.45, 2.75) is 58.7 Å². The van der Waals surface area contributed by atoms with Crippen LogP contribution in [-0.2, 0) is 19.4 Å². The van der Waals surface area contributed by atoms with Gasteiger partial charge in [0.15, 0.2) is 5.69 Å². The molecule has 1 amide bonds. The molecule has 1 aliphatic rings. The monoisotopic (exact) mass is 328 g/mol. The summed E-state index contributed by atoms with van der Waals surface area (Å²) in [7, 11) is 0. The van der Waals surface area contributed by atoms with Crippen molar-refractivity contribution >= 4 is 5.91 Å². The maximum absolute atomic E-state index is 12.2. The van der Waals surface area contributed by atoms with Crippen LogP contribution in [-0.4, -0.2) is 28.1 Å². The number of nitrogens with zero attached hydrogens (tertiary/aromatic N) is 2. The van der Waals surface area contributed by atoms with Gasteiger partial charge in [0.1, 0.15) is 5.76 Å². The average molecular weight is 328 g/mol. The van der Waals surface area contributed by atoms with Crippen LogP contribution in [0.4, 0.5) is 0 Å². The summed E-state index contributed by atoms with van der Waals surface area (Å²) in [5.41, 5.74) is 3.42. The number of rotatable bonds is 5. The Hall–Kier alpha value is -2.21. The summed E-state index contributed by atoms with van der Waals surface area (Å²) in [6, 6.07) is 6.41. The lowest BCUT2D eigenvalue weighted by Gasteiger charge is -2.22. The van der Waals surface area contributed by atoms with Crippen molar-refractivity contribution in [2.75, 3.05) is 0 Å². The topological polar surface area (TPSA) is 80.0 Å². The molecule has 2 heterocycles. The van der Waals surface area contributed by atoms with Gasteiger partial charge in [-0.25, -0.2) is 0 Å². The molecule has 0 spiro atoms. The largest absolute Gasteiger partial charge is 0.360 e. The number of fused-ring (bicyclic) bond motifs is 1. The second-order valence-electron chi connectivity index (χ2n) is 6.65. The van der Waals surface area contributed by atoms with E-state index in [2.05, 4.69) is 20.8 Å². The normalized spacial score (nSPS) is 16.9. The zero-order valence-corrected chi connectivity index (χ0v) is 14.4. The van der Waals surface area contributed by atoms with E-state index in [9.17, 15) is 4.79 Å². The van der Waals surface area contributed by atoms with Crippen molar-refractivity contribution in [3.8, 4) is 0 Å². The summed E-state index contributed by atoms with van der Waals surface area (Å²) in [6.07, 6.45) is 2.53. The summed E-state index contributed by atoms with van der Waals surface area (Å²) in [6.45, 7) is 6.58. The molecule has 0 aromatic carbocycles. The molecule has 6 nitrogen and oxygen atoms in total.